The maximum atomic E-state index is 12.8. The summed E-state index contributed by atoms with van der Waals surface area (Å²) in [7, 11) is 0. The smallest absolute Gasteiger partial charge is 0.227 e. The lowest BCUT2D eigenvalue weighted by molar-refractivity contribution is -0.122. The molecule has 1 aliphatic rings. The molecule has 5 heteroatoms. The van der Waals surface area contributed by atoms with Crippen molar-refractivity contribution in [3.63, 3.8) is 0 Å². The molecule has 1 unspecified atom stereocenters. The Morgan fingerprint density at radius 1 is 1.12 bits per heavy atom. The molecule has 1 aromatic heterocycles. The van der Waals surface area contributed by atoms with Crippen LogP contribution in [0.5, 0.6) is 0 Å². The van der Waals surface area contributed by atoms with Crippen molar-refractivity contribution < 1.29 is 9.53 Å². The number of hydrogen-bond donors (Lipinski definition) is 1. The molecule has 1 fully saturated rings. The van der Waals surface area contributed by atoms with Crippen LogP contribution in [0.3, 0.4) is 0 Å². The van der Waals surface area contributed by atoms with E-state index in [0.29, 0.717) is 13.0 Å². The van der Waals surface area contributed by atoms with Gasteiger partial charge in [0.15, 0.2) is 0 Å². The van der Waals surface area contributed by atoms with Crippen molar-refractivity contribution in [1.82, 2.24) is 15.2 Å². The second-order valence-corrected chi connectivity index (χ2v) is 6.23. The Balaban J connectivity index is 1.60. The molecule has 0 bridgehead atoms. The van der Waals surface area contributed by atoms with Crippen molar-refractivity contribution in [1.29, 1.82) is 0 Å². The predicted octanol–water partition coefficient (Wildman–Crippen LogP) is 1.86. The van der Waals surface area contributed by atoms with Gasteiger partial charge in [-0.15, -0.1) is 0 Å². The molecule has 1 N–H and O–H groups in total. The third-order valence-electron chi connectivity index (χ3n) is 4.49. The number of nitrogens with zero attached hydrogens (tertiary/aromatic N) is 2. The molecule has 2 heterocycles. The molecule has 1 atom stereocenters. The molecule has 0 saturated carbocycles. The molecule has 2 aromatic rings. The third-order valence-corrected chi connectivity index (χ3v) is 4.49. The van der Waals surface area contributed by atoms with Gasteiger partial charge in [0.1, 0.15) is 0 Å². The number of ether oxygens (including phenoxy) is 1. The van der Waals surface area contributed by atoms with Gasteiger partial charge < -0.3 is 10.1 Å². The van der Waals surface area contributed by atoms with E-state index in [-0.39, 0.29) is 11.8 Å². The van der Waals surface area contributed by atoms with Crippen molar-refractivity contribution in [3.8, 4) is 0 Å². The van der Waals surface area contributed by atoms with Crippen LogP contribution in [0.2, 0.25) is 0 Å². The second kappa shape index (κ2) is 9.30. The number of carbonyl (C=O) groups is 1. The number of carbonyl (C=O) groups excluding carboxylic acids is 1. The van der Waals surface area contributed by atoms with E-state index in [2.05, 4.69) is 15.2 Å². The quantitative estimate of drug-likeness (QED) is 0.837. The zero-order valence-corrected chi connectivity index (χ0v) is 14.4. The van der Waals surface area contributed by atoms with Crippen LogP contribution in [0.15, 0.2) is 54.7 Å². The average Bonchev–Trinajstić information content (AvgIpc) is 2.68. The molecule has 1 amide bonds. The van der Waals surface area contributed by atoms with E-state index in [1.54, 1.807) is 6.20 Å². The van der Waals surface area contributed by atoms with Gasteiger partial charge in [0.25, 0.3) is 0 Å². The molecular weight excluding hydrogens is 314 g/mol. The summed E-state index contributed by atoms with van der Waals surface area (Å²) in [6.45, 7) is 4.95. The molecule has 1 aliphatic heterocycles. The Labute approximate surface area is 149 Å². The zero-order valence-electron chi connectivity index (χ0n) is 14.4. The van der Waals surface area contributed by atoms with Crippen LogP contribution in [0.1, 0.15) is 17.2 Å². The first kappa shape index (κ1) is 17.6. The van der Waals surface area contributed by atoms with Crippen LogP contribution in [-0.2, 0) is 16.0 Å². The maximum Gasteiger partial charge on any atom is 0.227 e. The highest BCUT2D eigenvalue weighted by Gasteiger charge is 2.21. The number of benzene rings is 1. The highest BCUT2D eigenvalue weighted by atomic mass is 16.5. The van der Waals surface area contributed by atoms with E-state index in [0.717, 1.165) is 44.1 Å². The van der Waals surface area contributed by atoms with Gasteiger partial charge in [-0.25, -0.2) is 0 Å². The average molecular weight is 339 g/mol. The van der Waals surface area contributed by atoms with Gasteiger partial charge in [-0.05, 0) is 17.7 Å². The largest absolute Gasteiger partial charge is 0.379 e. The zero-order chi connectivity index (χ0) is 17.3. The fourth-order valence-electron chi connectivity index (χ4n) is 3.06. The van der Waals surface area contributed by atoms with Crippen LogP contribution in [0.4, 0.5) is 0 Å². The summed E-state index contributed by atoms with van der Waals surface area (Å²) >= 11 is 0. The van der Waals surface area contributed by atoms with E-state index >= 15 is 0 Å². The van der Waals surface area contributed by atoms with Crippen molar-refractivity contribution in [2.75, 3.05) is 39.4 Å². The van der Waals surface area contributed by atoms with Gasteiger partial charge in [0, 0.05) is 44.5 Å². The summed E-state index contributed by atoms with van der Waals surface area (Å²) < 4.78 is 5.35. The Morgan fingerprint density at radius 3 is 2.60 bits per heavy atom. The maximum absolute atomic E-state index is 12.8. The minimum absolute atomic E-state index is 0.0603. The first-order valence-corrected chi connectivity index (χ1v) is 8.85. The molecule has 25 heavy (non-hydrogen) atoms. The molecule has 1 saturated heterocycles. The second-order valence-electron chi connectivity index (χ2n) is 6.23. The summed E-state index contributed by atoms with van der Waals surface area (Å²) in [5.41, 5.74) is 1.96. The predicted molar refractivity (Wildman–Crippen MR) is 97.4 cm³/mol. The lowest BCUT2D eigenvalue weighted by Crippen LogP contribution is -2.42. The van der Waals surface area contributed by atoms with Crippen LogP contribution in [0.25, 0.3) is 0 Å². The number of hydrogen-bond acceptors (Lipinski definition) is 4. The highest BCUT2D eigenvalue weighted by Crippen LogP contribution is 2.20. The van der Waals surface area contributed by atoms with Crippen molar-refractivity contribution in [2.45, 2.75) is 12.3 Å². The van der Waals surface area contributed by atoms with Crippen LogP contribution >= 0.6 is 0 Å². The Kier molecular flexibility index (Phi) is 6.54. The lowest BCUT2D eigenvalue weighted by Gasteiger charge is -2.27. The number of pyridine rings is 1. The topological polar surface area (TPSA) is 54.5 Å². The number of amides is 1. The van der Waals surface area contributed by atoms with Gasteiger partial charge in [-0.3, -0.25) is 14.7 Å². The molecular formula is C20H25N3O2. The van der Waals surface area contributed by atoms with E-state index in [1.165, 1.54) is 0 Å². The Bertz CT molecular complexity index is 643. The SMILES string of the molecule is O=C(NCCN1CCOCC1)C(Cc1ccccn1)c1ccccc1. The fraction of sp³-hybridized carbons (Fsp3) is 0.400. The van der Waals surface area contributed by atoms with Gasteiger partial charge in [0.2, 0.25) is 5.91 Å². The molecule has 132 valence electrons. The van der Waals surface area contributed by atoms with Gasteiger partial charge in [-0.2, -0.15) is 0 Å². The molecule has 0 aliphatic carbocycles. The molecule has 0 spiro atoms. The first-order chi connectivity index (χ1) is 12.3. The van der Waals surface area contributed by atoms with E-state index in [9.17, 15) is 4.79 Å². The monoisotopic (exact) mass is 339 g/mol. The molecule has 0 radical (unpaired) electrons. The highest BCUT2D eigenvalue weighted by molar-refractivity contribution is 5.83. The van der Waals surface area contributed by atoms with Crippen molar-refractivity contribution in [2.24, 2.45) is 0 Å². The standard InChI is InChI=1S/C20H25N3O2/c24-20(22-10-11-23-12-14-25-15-13-23)19(17-6-2-1-3-7-17)16-18-8-4-5-9-21-18/h1-9,19H,10-16H2,(H,22,24). The number of morpholine rings is 1. The number of rotatable bonds is 7. The number of nitrogens with one attached hydrogen (secondary N) is 1. The first-order valence-electron chi connectivity index (χ1n) is 8.85. The van der Waals surface area contributed by atoms with Crippen molar-refractivity contribution in [3.05, 3.63) is 66.0 Å². The van der Waals surface area contributed by atoms with Crippen molar-refractivity contribution >= 4 is 5.91 Å². The van der Waals surface area contributed by atoms with E-state index in [1.807, 2.05) is 48.5 Å². The minimum atomic E-state index is -0.221. The lowest BCUT2D eigenvalue weighted by atomic mass is 9.93. The summed E-state index contributed by atoms with van der Waals surface area (Å²) in [5.74, 6) is -0.161. The summed E-state index contributed by atoms with van der Waals surface area (Å²) in [5, 5.41) is 3.10. The van der Waals surface area contributed by atoms with Gasteiger partial charge in [-0.1, -0.05) is 36.4 Å². The Hall–Kier alpha value is -2.24. The van der Waals surface area contributed by atoms with Crippen LogP contribution < -0.4 is 5.32 Å². The van der Waals surface area contributed by atoms with Crippen LogP contribution in [0, 0.1) is 0 Å². The third kappa shape index (κ3) is 5.37. The minimum Gasteiger partial charge on any atom is -0.379 e. The summed E-state index contributed by atoms with van der Waals surface area (Å²) in [4.78, 5) is 19.5. The van der Waals surface area contributed by atoms with Gasteiger partial charge >= 0.3 is 0 Å². The molecule has 1 aromatic carbocycles. The van der Waals surface area contributed by atoms with Crippen LogP contribution in [-0.4, -0.2) is 55.2 Å². The summed E-state index contributed by atoms with van der Waals surface area (Å²) in [6, 6.07) is 15.8. The normalized spacial score (nSPS) is 16.3. The number of aromatic nitrogens is 1. The Morgan fingerprint density at radius 2 is 1.88 bits per heavy atom. The fourth-order valence-corrected chi connectivity index (χ4v) is 3.06. The van der Waals surface area contributed by atoms with E-state index in [4.69, 9.17) is 4.74 Å². The molecule has 5 nitrogen and oxygen atoms in total. The van der Waals surface area contributed by atoms with Gasteiger partial charge in [0.05, 0.1) is 19.1 Å². The molecule has 3 rings (SSSR count). The van der Waals surface area contributed by atoms with E-state index < -0.39 is 0 Å². The summed E-state index contributed by atoms with van der Waals surface area (Å²) in [6.07, 6.45) is 2.38.